The van der Waals surface area contributed by atoms with Gasteiger partial charge in [0.2, 0.25) is 0 Å². The molecule has 4 nitrogen and oxygen atoms in total. The smallest absolute Gasteiger partial charge is 0.163 e. The van der Waals surface area contributed by atoms with Gasteiger partial charge in [-0.1, -0.05) is 12.1 Å². The van der Waals surface area contributed by atoms with Crippen LogP contribution in [0.1, 0.15) is 42.8 Å². The number of hydrogen-bond acceptors (Lipinski definition) is 3. The molecule has 0 radical (unpaired) electrons. The SMILES string of the molecule is COc1cnn(C(C)C)c1C(O)c1ccc(C)cc1F. The molecule has 0 spiro atoms. The lowest BCUT2D eigenvalue weighted by Crippen LogP contribution is -2.14. The highest BCUT2D eigenvalue weighted by Gasteiger charge is 2.25. The predicted molar refractivity (Wildman–Crippen MR) is 74.4 cm³/mol. The van der Waals surface area contributed by atoms with Crippen LogP contribution in [-0.4, -0.2) is 22.0 Å². The van der Waals surface area contributed by atoms with Crippen LogP contribution < -0.4 is 4.74 Å². The zero-order valence-electron chi connectivity index (χ0n) is 12.1. The Morgan fingerprint density at radius 2 is 2.05 bits per heavy atom. The van der Waals surface area contributed by atoms with Crippen molar-refractivity contribution in [1.29, 1.82) is 0 Å². The first-order valence-electron chi connectivity index (χ1n) is 6.51. The number of hydrogen-bond donors (Lipinski definition) is 1. The van der Waals surface area contributed by atoms with Gasteiger partial charge in [0.25, 0.3) is 0 Å². The van der Waals surface area contributed by atoms with E-state index in [0.29, 0.717) is 11.4 Å². The summed E-state index contributed by atoms with van der Waals surface area (Å²) in [5.41, 5.74) is 1.49. The normalized spacial score (nSPS) is 12.8. The summed E-state index contributed by atoms with van der Waals surface area (Å²) in [6.07, 6.45) is 0.417. The van der Waals surface area contributed by atoms with Gasteiger partial charge in [0.15, 0.2) is 5.75 Å². The summed E-state index contributed by atoms with van der Waals surface area (Å²) < 4.78 is 20.9. The summed E-state index contributed by atoms with van der Waals surface area (Å²) in [7, 11) is 1.50. The van der Waals surface area contributed by atoms with Crippen LogP contribution in [0.15, 0.2) is 24.4 Å². The summed E-state index contributed by atoms with van der Waals surface area (Å²) in [5.74, 6) is 0.0160. The number of aliphatic hydroxyl groups is 1. The molecule has 108 valence electrons. The fourth-order valence-electron chi connectivity index (χ4n) is 2.19. The molecule has 2 rings (SSSR count). The molecular formula is C15H19FN2O2. The number of aryl methyl sites for hydroxylation is 1. The van der Waals surface area contributed by atoms with Gasteiger partial charge in [0.1, 0.15) is 17.6 Å². The molecule has 0 aliphatic rings. The number of benzene rings is 1. The molecule has 0 saturated carbocycles. The number of aliphatic hydroxyl groups excluding tert-OH is 1. The van der Waals surface area contributed by atoms with E-state index in [0.717, 1.165) is 5.56 Å². The van der Waals surface area contributed by atoms with Crippen LogP contribution >= 0.6 is 0 Å². The molecule has 0 saturated heterocycles. The van der Waals surface area contributed by atoms with Crippen molar-refractivity contribution in [3.05, 3.63) is 47.0 Å². The van der Waals surface area contributed by atoms with E-state index in [9.17, 15) is 9.50 Å². The highest BCUT2D eigenvalue weighted by atomic mass is 19.1. The quantitative estimate of drug-likeness (QED) is 0.935. The average Bonchev–Trinajstić information content (AvgIpc) is 2.81. The van der Waals surface area contributed by atoms with Gasteiger partial charge in [-0.15, -0.1) is 0 Å². The fourth-order valence-corrected chi connectivity index (χ4v) is 2.19. The molecule has 0 aliphatic heterocycles. The number of ether oxygens (including phenoxy) is 1. The summed E-state index contributed by atoms with van der Waals surface area (Å²) in [5, 5.41) is 14.7. The third-order valence-electron chi connectivity index (χ3n) is 3.22. The molecule has 0 amide bonds. The molecule has 0 fully saturated rings. The van der Waals surface area contributed by atoms with Crippen molar-refractivity contribution < 1.29 is 14.2 Å². The van der Waals surface area contributed by atoms with Gasteiger partial charge in [-0.3, -0.25) is 4.68 Å². The van der Waals surface area contributed by atoms with Gasteiger partial charge in [-0.25, -0.2) is 4.39 Å². The Morgan fingerprint density at radius 3 is 2.60 bits per heavy atom. The molecule has 1 aromatic carbocycles. The zero-order chi connectivity index (χ0) is 14.9. The molecular weight excluding hydrogens is 259 g/mol. The largest absolute Gasteiger partial charge is 0.493 e. The van der Waals surface area contributed by atoms with E-state index in [2.05, 4.69) is 5.10 Å². The second-order valence-electron chi connectivity index (χ2n) is 5.06. The Labute approximate surface area is 117 Å². The van der Waals surface area contributed by atoms with Crippen molar-refractivity contribution in [3.8, 4) is 5.75 Å². The van der Waals surface area contributed by atoms with Crippen molar-refractivity contribution >= 4 is 0 Å². The van der Waals surface area contributed by atoms with Crippen LogP contribution in [0.3, 0.4) is 0 Å². The molecule has 1 atom stereocenters. The highest BCUT2D eigenvalue weighted by Crippen LogP contribution is 2.33. The summed E-state index contributed by atoms with van der Waals surface area (Å²) >= 11 is 0. The molecule has 2 aromatic rings. The first-order valence-corrected chi connectivity index (χ1v) is 6.51. The first-order chi connectivity index (χ1) is 9.45. The predicted octanol–water partition coefficient (Wildman–Crippen LogP) is 3.00. The van der Waals surface area contributed by atoms with Crippen molar-refractivity contribution in [2.45, 2.75) is 32.9 Å². The van der Waals surface area contributed by atoms with Crippen molar-refractivity contribution in [2.75, 3.05) is 7.11 Å². The van der Waals surface area contributed by atoms with Crippen LogP contribution in [-0.2, 0) is 0 Å². The first kappa shape index (κ1) is 14.5. The van der Waals surface area contributed by atoms with Crippen LogP contribution in [0.5, 0.6) is 5.75 Å². The highest BCUT2D eigenvalue weighted by molar-refractivity contribution is 5.36. The van der Waals surface area contributed by atoms with Gasteiger partial charge in [0, 0.05) is 11.6 Å². The number of rotatable bonds is 4. The van der Waals surface area contributed by atoms with E-state index in [-0.39, 0.29) is 11.6 Å². The number of methoxy groups -OCH3 is 1. The Balaban J connectivity index is 2.52. The molecule has 1 unspecified atom stereocenters. The molecule has 0 bridgehead atoms. The molecule has 20 heavy (non-hydrogen) atoms. The van der Waals surface area contributed by atoms with Gasteiger partial charge in [0.05, 0.1) is 13.3 Å². The average molecular weight is 278 g/mol. The Kier molecular flexibility index (Phi) is 4.09. The zero-order valence-corrected chi connectivity index (χ0v) is 12.1. The number of aromatic nitrogens is 2. The van der Waals surface area contributed by atoms with E-state index in [1.54, 1.807) is 23.7 Å². The topological polar surface area (TPSA) is 47.3 Å². The lowest BCUT2D eigenvalue weighted by atomic mass is 10.0. The molecule has 1 aromatic heterocycles. The third-order valence-corrected chi connectivity index (χ3v) is 3.22. The van der Waals surface area contributed by atoms with Gasteiger partial charge in [-0.05, 0) is 32.4 Å². The molecule has 1 N–H and O–H groups in total. The minimum atomic E-state index is -1.12. The monoisotopic (exact) mass is 278 g/mol. The maximum absolute atomic E-state index is 14.0. The minimum absolute atomic E-state index is 0.0389. The van der Waals surface area contributed by atoms with Crippen molar-refractivity contribution in [1.82, 2.24) is 9.78 Å². The molecule has 1 heterocycles. The Bertz CT molecular complexity index is 608. The second-order valence-corrected chi connectivity index (χ2v) is 5.06. The second kappa shape index (κ2) is 5.63. The third kappa shape index (κ3) is 2.54. The maximum atomic E-state index is 14.0. The van der Waals surface area contributed by atoms with Crippen molar-refractivity contribution in [2.24, 2.45) is 0 Å². The van der Waals surface area contributed by atoms with Gasteiger partial charge < -0.3 is 9.84 Å². The molecule has 0 aliphatic carbocycles. The van der Waals surface area contributed by atoms with Crippen LogP contribution in [0, 0.1) is 12.7 Å². The standard InChI is InChI=1S/C15H19FN2O2/c1-9(2)18-14(13(20-4)8-17-18)15(19)11-6-5-10(3)7-12(11)16/h5-9,15,19H,1-4H3. The minimum Gasteiger partial charge on any atom is -0.493 e. The van der Waals surface area contributed by atoms with E-state index >= 15 is 0 Å². The summed E-state index contributed by atoms with van der Waals surface area (Å²) in [6.45, 7) is 5.68. The van der Waals surface area contributed by atoms with E-state index in [4.69, 9.17) is 4.74 Å². The van der Waals surface area contributed by atoms with E-state index < -0.39 is 11.9 Å². The maximum Gasteiger partial charge on any atom is 0.163 e. The number of nitrogens with zero attached hydrogens (tertiary/aromatic N) is 2. The molecule has 5 heteroatoms. The summed E-state index contributed by atoms with van der Waals surface area (Å²) in [4.78, 5) is 0. The number of halogens is 1. The summed E-state index contributed by atoms with van der Waals surface area (Å²) in [6, 6.07) is 4.80. The lowest BCUT2D eigenvalue weighted by Gasteiger charge is -2.18. The van der Waals surface area contributed by atoms with Crippen LogP contribution in [0.2, 0.25) is 0 Å². The van der Waals surface area contributed by atoms with Gasteiger partial charge >= 0.3 is 0 Å². The Hall–Kier alpha value is -1.88. The van der Waals surface area contributed by atoms with Gasteiger partial charge in [-0.2, -0.15) is 5.10 Å². The van der Waals surface area contributed by atoms with Crippen molar-refractivity contribution in [3.63, 3.8) is 0 Å². The van der Waals surface area contributed by atoms with Crippen LogP contribution in [0.4, 0.5) is 4.39 Å². The lowest BCUT2D eigenvalue weighted by molar-refractivity contribution is 0.195. The van der Waals surface area contributed by atoms with Crippen LogP contribution in [0.25, 0.3) is 0 Å². The Morgan fingerprint density at radius 1 is 1.35 bits per heavy atom. The van der Waals surface area contributed by atoms with E-state index in [1.807, 2.05) is 13.8 Å². The fraction of sp³-hybridized carbons (Fsp3) is 0.400. The van der Waals surface area contributed by atoms with E-state index in [1.165, 1.54) is 19.4 Å².